The Labute approximate surface area is 168 Å². The first kappa shape index (κ1) is 21.9. The lowest BCUT2D eigenvalue weighted by Gasteiger charge is -2.26. The third-order valence-corrected chi connectivity index (χ3v) is 5.00. The number of carbonyl (C=O) groups is 3. The van der Waals surface area contributed by atoms with Gasteiger partial charge in [-0.3, -0.25) is 4.79 Å². The summed E-state index contributed by atoms with van der Waals surface area (Å²) in [6.45, 7) is 3.97. The lowest BCUT2D eigenvalue weighted by Crippen LogP contribution is -3.13. The van der Waals surface area contributed by atoms with Crippen molar-refractivity contribution in [2.45, 2.75) is 25.7 Å². The van der Waals surface area contributed by atoms with Crippen molar-refractivity contribution < 1.29 is 34.2 Å². The average molecular weight is 410 g/mol. The first-order valence-electron chi connectivity index (χ1n) is 9.29. The van der Waals surface area contributed by atoms with Crippen molar-refractivity contribution in [2.24, 2.45) is 5.92 Å². The summed E-state index contributed by atoms with van der Waals surface area (Å²) in [5.74, 6) is -1.84. The minimum absolute atomic E-state index is 0.0884. The Balaban J connectivity index is 0.000000300. The molecule has 2 heterocycles. The maximum atomic E-state index is 12.7. The van der Waals surface area contributed by atoms with Gasteiger partial charge in [0.1, 0.15) is 5.75 Å². The zero-order valence-electron chi connectivity index (χ0n) is 15.5. The Hall–Kier alpha value is -2.38. The molecule has 0 saturated carbocycles. The largest absolute Gasteiger partial charge is 0.545 e. The SMILES string of the molecule is O=C([O-])/C=C\C(=O)O.O=C1c2ccc(Cl)cc2OCCC1C[NH+]1CCCCC1. The van der Waals surface area contributed by atoms with Gasteiger partial charge in [0, 0.05) is 11.1 Å². The topological polar surface area (TPSA) is 108 Å². The second-order valence-corrected chi connectivity index (χ2v) is 7.28. The number of nitrogens with one attached hydrogen (secondary N) is 1. The van der Waals surface area contributed by atoms with Gasteiger partial charge in [-0.2, -0.15) is 0 Å². The number of halogens is 1. The molecule has 3 rings (SSSR count). The molecule has 0 radical (unpaired) electrons. The molecule has 2 N–H and O–H groups in total. The second kappa shape index (κ2) is 10.8. The molecule has 1 unspecified atom stereocenters. The third kappa shape index (κ3) is 6.98. The Kier molecular flexibility index (Phi) is 8.47. The molecule has 152 valence electrons. The molecule has 2 aliphatic rings. The lowest BCUT2D eigenvalue weighted by molar-refractivity contribution is -0.907. The Morgan fingerprint density at radius 1 is 1.25 bits per heavy atom. The standard InChI is InChI=1S/C16H20ClNO2.C4H4O4/c17-13-4-5-14-15(10-13)20-9-6-12(16(14)19)11-18-7-2-1-3-8-18;5-3(6)1-2-4(7)8/h4-5,10,12H,1-3,6-9,11H2;1-2H,(H,5,6)(H,7,8)/b;2-1-. The van der Waals surface area contributed by atoms with Crippen molar-refractivity contribution in [3.05, 3.63) is 40.9 Å². The molecule has 1 fully saturated rings. The fraction of sp³-hybridized carbons (Fsp3) is 0.450. The molecule has 7 nitrogen and oxygen atoms in total. The number of Topliss-reactive ketones (excluding diaryl/α,β-unsaturated/α-hetero) is 1. The van der Waals surface area contributed by atoms with Crippen LogP contribution < -0.4 is 14.7 Å². The zero-order chi connectivity index (χ0) is 20.5. The molecule has 0 amide bonds. The molecule has 1 saturated heterocycles. The molecule has 1 aromatic carbocycles. The molecule has 0 bridgehead atoms. The van der Waals surface area contributed by atoms with Gasteiger partial charge < -0.3 is 24.6 Å². The maximum absolute atomic E-state index is 12.7. The van der Waals surface area contributed by atoms with Crippen molar-refractivity contribution in [3.63, 3.8) is 0 Å². The van der Waals surface area contributed by atoms with Gasteiger partial charge in [-0.1, -0.05) is 11.6 Å². The van der Waals surface area contributed by atoms with E-state index in [-0.39, 0.29) is 11.7 Å². The van der Waals surface area contributed by atoms with E-state index in [0.29, 0.717) is 35.1 Å². The molecule has 0 aromatic heterocycles. The number of hydrogen-bond donors (Lipinski definition) is 2. The summed E-state index contributed by atoms with van der Waals surface area (Å²) in [7, 11) is 0. The summed E-state index contributed by atoms with van der Waals surface area (Å²) in [5.41, 5.74) is 0.702. The van der Waals surface area contributed by atoms with Crippen molar-refractivity contribution in [2.75, 3.05) is 26.2 Å². The maximum Gasteiger partial charge on any atom is 0.328 e. The fourth-order valence-electron chi connectivity index (χ4n) is 3.42. The van der Waals surface area contributed by atoms with Crippen LogP contribution in [0.1, 0.15) is 36.0 Å². The Morgan fingerprint density at radius 2 is 1.96 bits per heavy atom. The van der Waals surface area contributed by atoms with Gasteiger partial charge in [-0.15, -0.1) is 0 Å². The third-order valence-electron chi connectivity index (χ3n) is 4.76. The van der Waals surface area contributed by atoms with E-state index in [1.807, 2.05) is 6.07 Å². The van der Waals surface area contributed by atoms with E-state index in [1.54, 1.807) is 17.0 Å². The molecule has 1 atom stereocenters. The minimum atomic E-state index is -1.51. The molecule has 28 heavy (non-hydrogen) atoms. The monoisotopic (exact) mass is 409 g/mol. The Bertz CT molecular complexity index is 726. The highest BCUT2D eigenvalue weighted by Gasteiger charge is 2.30. The van der Waals surface area contributed by atoms with Crippen LogP contribution in [0.5, 0.6) is 5.75 Å². The number of carboxylic acids is 2. The van der Waals surface area contributed by atoms with Crippen LogP contribution in [-0.2, 0) is 9.59 Å². The summed E-state index contributed by atoms with van der Waals surface area (Å²) >= 11 is 5.97. The van der Waals surface area contributed by atoms with E-state index in [9.17, 15) is 19.5 Å². The summed E-state index contributed by atoms with van der Waals surface area (Å²) in [6, 6.07) is 5.34. The number of carbonyl (C=O) groups excluding carboxylic acids is 2. The molecule has 0 spiro atoms. The predicted molar refractivity (Wildman–Crippen MR) is 101 cm³/mol. The van der Waals surface area contributed by atoms with Gasteiger partial charge in [0.15, 0.2) is 5.78 Å². The van der Waals surface area contributed by atoms with Crippen LogP contribution in [0.3, 0.4) is 0 Å². The molecule has 2 aliphatic heterocycles. The van der Waals surface area contributed by atoms with Crippen LogP contribution in [0, 0.1) is 5.92 Å². The number of aliphatic carboxylic acids is 2. The molecule has 0 aliphatic carbocycles. The van der Waals surface area contributed by atoms with Crippen LogP contribution in [0.2, 0.25) is 5.02 Å². The smallest absolute Gasteiger partial charge is 0.328 e. The van der Waals surface area contributed by atoms with Crippen LogP contribution in [0.15, 0.2) is 30.4 Å². The number of likely N-dealkylation sites (tertiary alicyclic amines) is 1. The van der Waals surface area contributed by atoms with Crippen LogP contribution in [-0.4, -0.2) is 49.1 Å². The van der Waals surface area contributed by atoms with E-state index in [4.69, 9.17) is 21.4 Å². The highest BCUT2D eigenvalue weighted by Crippen LogP contribution is 2.29. The van der Waals surface area contributed by atoms with Crippen molar-refractivity contribution in [3.8, 4) is 5.75 Å². The first-order chi connectivity index (χ1) is 13.4. The average Bonchev–Trinajstić information content (AvgIpc) is 2.80. The number of rotatable bonds is 4. The normalized spacial score (nSPS) is 19.8. The van der Waals surface area contributed by atoms with Crippen molar-refractivity contribution in [1.29, 1.82) is 0 Å². The number of hydrogen-bond acceptors (Lipinski definition) is 5. The number of carboxylic acid groups (broad SMARTS) is 2. The second-order valence-electron chi connectivity index (χ2n) is 6.84. The van der Waals surface area contributed by atoms with Gasteiger partial charge in [0.05, 0.1) is 43.7 Å². The summed E-state index contributed by atoms with van der Waals surface area (Å²) in [5, 5.41) is 17.8. The molecule has 1 aromatic rings. The molecular formula is C20H24ClNO6. The molecule has 8 heteroatoms. The van der Waals surface area contributed by atoms with E-state index < -0.39 is 11.9 Å². The van der Waals surface area contributed by atoms with E-state index >= 15 is 0 Å². The van der Waals surface area contributed by atoms with Gasteiger partial charge in [-0.05, 0) is 50.0 Å². The zero-order valence-corrected chi connectivity index (χ0v) is 16.2. The summed E-state index contributed by atoms with van der Waals surface area (Å²) in [6.07, 6.45) is 5.68. The first-order valence-corrected chi connectivity index (χ1v) is 9.66. The van der Waals surface area contributed by atoms with Crippen LogP contribution >= 0.6 is 11.6 Å². The van der Waals surface area contributed by atoms with Crippen molar-refractivity contribution in [1.82, 2.24) is 0 Å². The highest BCUT2D eigenvalue weighted by atomic mass is 35.5. The van der Waals surface area contributed by atoms with Crippen LogP contribution in [0.25, 0.3) is 0 Å². The number of ether oxygens (including phenoxy) is 1. The highest BCUT2D eigenvalue weighted by molar-refractivity contribution is 6.30. The van der Waals surface area contributed by atoms with Crippen molar-refractivity contribution >= 4 is 29.3 Å². The number of quaternary nitrogens is 1. The van der Waals surface area contributed by atoms with E-state index in [1.165, 1.54) is 32.4 Å². The van der Waals surface area contributed by atoms with Gasteiger partial charge in [-0.25, -0.2) is 4.79 Å². The van der Waals surface area contributed by atoms with E-state index in [0.717, 1.165) is 13.0 Å². The number of benzene rings is 1. The quantitative estimate of drug-likeness (QED) is 0.695. The molecular weight excluding hydrogens is 386 g/mol. The number of ketones is 1. The summed E-state index contributed by atoms with van der Waals surface area (Å²) < 4.78 is 5.70. The van der Waals surface area contributed by atoms with Crippen LogP contribution in [0.4, 0.5) is 0 Å². The van der Waals surface area contributed by atoms with E-state index in [2.05, 4.69) is 0 Å². The fourth-order valence-corrected chi connectivity index (χ4v) is 3.58. The number of fused-ring (bicyclic) bond motifs is 1. The lowest BCUT2D eigenvalue weighted by atomic mass is 9.94. The minimum Gasteiger partial charge on any atom is -0.545 e. The summed E-state index contributed by atoms with van der Waals surface area (Å²) in [4.78, 5) is 33.2. The Morgan fingerprint density at radius 3 is 2.57 bits per heavy atom. The van der Waals surface area contributed by atoms with Gasteiger partial charge >= 0.3 is 5.97 Å². The predicted octanol–water partition coefficient (Wildman–Crippen LogP) is 0.367. The van der Waals surface area contributed by atoms with Gasteiger partial charge in [0.25, 0.3) is 0 Å². The van der Waals surface area contributed by atoms with Gasteiger partial charge in [0.2, 0.25) is 0 Å². The number of piperidine rings is 1.